The highest BCUT2D eigenvalue weighted by atomic mass is 32.2. The zero-order valence-corrected chi connectivity index (χ0v) is 10.3. The maximum atomic E-state index is 11.2. The predicted octanol–water partition coefficient (Wildman–Crippen LogP) is 0.209. The molecule has 0 aliphatic carbocycles. The molecule has 0 aliphatic heterocycles. The van der Waals surface area contributed by atoms with Gasteiger partial charge in [0.15, 0.2) is 5.75 Å². The fraction of sp³-hybridized carbons (Fsp3) is 0.500. The van der Waals surface area contributed by atoms with E-state index in [-0.39, 0.29) is 6.54 Å². The van der Waals surface area contributed by atoms with E-state index in [2.05, 4.69) is 9.71 Å². The molecule has 0 bridgehead atoms. The van der Waals surface area contributed by atoms with E-state index in [1.54, 1.807) is 6.20 Å². The molecular weight excluding hydrogens is 252 g/mol. The Kier molecular flexibility index (Phi) is 4.39. The summed E-state index contributed by atoms with van der Waals surface area (Å²) in [5, 5.41) is 8.99. The molecule has 0 fully saturated rings. The maximum Gasteiger partial charge on any atom is 0.320 e. The van der Waals surface area contributed by atoms with Crippen LogP contribution in [-0.2, 0) is 27.8 Å². The van der Waals surface area contributed by atoms with E-state index in [9.17, 15) is 13.2 Å². The molecule has 0 radical (unpaired) electrons. The Labute approximate surface area is 97.4 Å². The molecular formula is C8H12N2O4S2. The summed E-state index contributed by atoms with van der Waals surface area (Å²) in [4.78, 5) is 15.3. The van der Waals surface area contributed by atoms with Crippen molar-refractivity contribution in [3.63, 3.8) is 0 Å². The quantitative estimate of drug-likeness (QED) is 0.765. The van der Waals surface area contributed by atoms with Crippen LogP contribution in [0.5, 0.6) is 0 Å². The highest BCUT2D eigenvalue weighted by Gasteiger charge is 2.15. The van der Waals surface area contributed by atoms with Gasteiger partial charge in [-0.15, -0.1) is 11.3 Å². The van der Waals surface area contributed by atoms with E-state index in [4.69, 9.17) is 5.11 Å². The largest absolute Gasteiger partial charge is 0.480 e. The number of sulfonamides is 1. The summed E-state index contributed by atoms with van der Waals surface area (Å²) in [7, 11) is -3.76. The molecule has 0 unspecified atom stereocenters. The Hall–Kier alpha value is -0.990. The fourth-order valence-corrected chi connectivity index (χ4v) is 2.66. The molecule has 0 saturated carbocycles. The number of aromatic nitrogens is 1. The van der Waals surface area contributed by atoms with Gasteiger partial charge in [-0.05, 0) is 6.42 Å². The molecule has 90 valence electrons. The Morgan fingerprint density at radius 2 is 2.31 bits per heavy atom. The van der Waals surface area contributed by atoms with Crippen molar-refractivity contribution >= 4 is 27.3 Å². The van der Waals surface area contributed by atoms with Gasteiger partial charge in [-0.3, -0.25) is 4.79 Å². The fourth-order valence-electron chi connectivity index (χ4n) is 0.978. The van der Waals surface area contributed by atoms with E-state index in [1.807, 2.05) is 6.92 Å². The Bertz CT molecular complexity index is 466. The van der Waals surface area contributed by atoms with Gasteiger partial charge in [-0.2, -0.15) is 0 Å². The number of aliphatic carboxylic acids is 1. The molecule has 8 heteroatoms. The summed E-state index contributed by atoms with van der Waals surface area (Å²) in [5.41, 5.74) is 0. The lowest BCUT2D eigenvalue weighted by Gasteiger charge is -2.01. The van der Waals surface area contributed by atoms with Crippen molar-refractivity contribution in [2.45, 2.75) is 19.9 Å². The predicted molar refractivity (Wildman–Crippen MR) is 59.8 cm³/mol. The topological polar surface area (TPSA) is 96.4 Å². The lowest BCUT2D eigenvalue weighted by atomic mass is 10.4. The third kappa shape index (κ3) is 4.25. The molecule has 0 saturated heterocycles. The van der Waals surface area contributed by atoms with Crippen LogP contribution in [0.15, 0.2) is 6.20 Å². The van der Waals surface area contributed by atoms with Crippen molar-refractivity contribution in [1.29, 1.82) is 0 Å². The number of rotatable bonds is 6. The van der Waals surface area contributed by atoms with Crippen molar-refractivity contribution < 1.29 is 18.3 Å². The van der Waals surface area contributed by atoms with Gasteiger partial charge < -0.3 is 5.11 Å². The molecule has 1 aromatic heterocycles. The van der Waals surface area contributed by atoms with Gasteiger partial charge in [0.2, 0.25) is 10.0 Å². The second-order valence-corrected chi connectivity index (χ2v) is 6.05. The van der Waals surface area contributed by atoms with Gasteiger partial charge in [-0.25, -0.2) is 18.1 Å². The molecule has 6 nitrogen and oxygen atoms in total. The molecule has 1 rings (SSSR count). The van der Waals surface area contributed by atoms with Gasteiger partial charge in [0.05, 0.1) is 6.54 Å². The summed E-state index contributed by atoms with van der Waals surface area (Å²) >= 11 is 1.41. The van der Waals surface area contributed by atoms with Crippen molar-refractivity contribution in [3.05, 3.63) is 16.1 Å². The van der Waals surface area contributed by atoms with Gasteiger partial charge in [0, 0.05) is 11.1 Å². The molecule has 2 N–H and O–H groups in total. The molecule has 1 aromatic rings. The number of carboxylic acid groups (broad SMARTS) is 1. The minimum Gasteiger partial charge on any atom is -0.480 e. The zero-order valence-electron chi connectivity index (χ0n) is 8.63. The number of thiazole rings is 1. The average molecular weight is 264 g/mol. The van der Waals surface area contributed by atoms with Crippen LogP contribution in [-0.4, -0.2) is 30.2 Å². The molecule has 0 atom stereocenters. The maximum absolute atomic E-state index is 11.2. The van der Waals surface area contributed by atoms with Gasteiger partial charge >= 0.3 is 5.97 Å². The Morgan fingerprint density at radius 3 is 2.81 bits per heavy atom. The molecule has 16 heavy (non-hydrogen) atoms. The van der Waals surface area contributed by atoms with Crippen LogP contribution in [0.3, 0.4) is 0 Å². The number of hydrogen-bond acceptors (Lipinski definition) is 5. The second-order valence-electron chi connectivity index (χ2n) is 3.05. The molecule has 0 aliphatic rings. The smallest absolute Gasteiger partial charge is 0.320 e. The molecule has 0 spiro atoms. The normalized spacial score (nSPS) is 11.6. The third-order valence-electron chi connectivity index (χ3n) is 1.71. The summed E-state index contributed by atoms with van der Waals surface area (Å²) < 4.78 is 24.5. The van der Waals surface area contributed by atoms with Crippen LogP contribution in [0, 0.1) is 0 Å². The number of nitrogens with one attached hydrogen (secondary N) is 1. The van der Waals surface area contributed by atoms with Crippen LogP contribution in [0.4, 0.5) is 0 Å². The summed E-state index contributed by atoms with van der Waals surface area (Å²) in [6.45, 7) is 2.02. The van der Waals surface area contributed by atoms with Crippen LogP contribution in [0.25, 0.3) is 0 Å². The first-order valence-corrected chi connectivity index (χ1v) is 7.02. The van der Waals surface area contributed by atoms with Crippen LogP contribution in [0.2, 0.25) is 0 Å². The third-order valence-corrected chi connectivity index (χ3v) is 4.06. The standard InChI is InChI=1S/C8H12N2O4S2/c1-2-6-3-9-7(15-6)4-10-16(13,14)5-8(11)12/h3,10H,2,4-5H2,1H3,(H,11,12). The van der Waals surface area contributed by atoms with Gasteiger partial charge in [0.1, 0.15) is 5.01 Å². The Balaban J connectivity index is 2.54. The number of nitrogens with zero attached hydrogens (tertiary/aromatic N) is 1. The van der Waals surface area contributed by atoms with Crippen LogP contribution < -0.4 is 4.72 Å². The zero-order chi connectivity index (χ0) is 12.2. The molecule has 1 heterocycles. The van der Waals surface area contributed by atoms with E-state index in [0.29, 0.717) is 5.01 Å². The summed E-state index contributed by atoms with van der Waals surface area (Å²) in [6, 6.07) is 0. The van der Waals surface area contributed by atoms with Crippen LogP contribution in [0.1, 0.15) is 16.8 Å². The van der Waals surface area contributed by atoms with E-state index < -0.39 is 21.7 Å². The second kappa shape index (κ2) is 5.37. The highest BCUT2D eigenvalue weighted by Crippen LogP contribution is 2.13. The van der Waals surface area contributed by atoms with Crippen molar-refractivity contribution in [2.75, 3.05) is 5.75 Å². The van der Waals surface area contributed by atoms with Crippen molar-refractivity contribution in [2.24, 2.45) is 0 Å². The number of carboxylic acids is 1. The lowest BCUT2D eigenvalue weighted by Crippen LogP contribution is -2.29. The highest BCUT2D eigenvalue weighted by molar-refractivity contribution is 7.90. The minimum absolute atomic E-state index is 0.0419. The monoisotopic (exact) mass is 264 g/mol. The van der Waals surface area contributed by atoms with E-state index in [1.165, 1.54) is 11.3 Å². The minimum atomic E-state index is -3.76. The SMILES string of the molecule is CCc1cnc(CNS(=O)(=O)CC(=O)O)s1. The average Bonchev–Trinajstić information content (AvgIpc) is 2.60. The van der Waals surface area contributed by atoms with Crippen LogP contribution >= 0.6 is 11.3 Å². The lowest BCUT2D eigenvalue weighted by molar-refractivity contribution is -0.134. The first-order valence-electron chi connectivity index (χ1n) is 4.55. The van der Waals surface area contributed by atoms with Crippen molar-refractivity contribution in [1.82, 2.24) is 9.71 Å². The van der Waals surface area contributed by atoms with Crippen molar-refractivity contribution in [3.8, 4) is 0 Å². The molecule has 0 amide bonds. The van der Waals surface area contributed by atoms with E-state index in [0.717, 1.165) is 11.3 Å². The Morgan fingerprint density at radius 1 is 1.62 bits per heavy atom. The summed E-state index contributed by atoms with van der Waals surface area (Å²) in [5.74, 6) is -2.29. The van der Waals surface area contributed by atoms with Gasteiger partial charge in [0.25, 0.3) is 0 Å². The molecule has 0 aromatic carbocycles. The first kappa shape index (κ1) is 13.1. The van der Waals surface area contributed by atoms with E-state index >= 15 is 0 Å². The summed E-state index contributed by atoms with van der Waals surface area (Å²) in [6.07, 6.45) is 2.53. The number of hydrogen-bond donors (Lipinski definition) is 2. The van der Waals surface area contributed by atoms with Gasteiger partial charge in [-0.1, -0.05) is 6.92 Å². The number of aryl methyl sites for hydroxylation is 1. The first-order chi connectivity index (χ1) is 7.43. The number of carbonyl (C=O) groups is 1.